The molecule has 0 atom stereocenters. The van der Waals surface area contributed by atoms with Crippen LogP contribution in [0.4, 0.5) is 0 Å². The monoisotopic (exact) mass is 228 g/mol. The number of carboxylic acid groups (broad SMARTS) is 1. The average molecular weight is 228 g/mol. The fraction of sp³-hybridized carbons (Fsp3) is 0.769. The second-order valence-electron chi connectivity index (χ2n) is 3.95. The Bertz CT molecular complexity index is 188. The van der Waals surface area contributed by atoms with Gasteiger partial charge in [0.15, 0.2) is 0 Å². The summed E-state index contributed by atoms with van der Waals surface area (Å²) in [6, 6.07) is 0. The van der Waals surface area contributed by atoms with Crippen molar-refractivity contribution in [1.82, 2.24) is 0 Å². The molecule has 0 rings (SSSR count). The fourth-order valence-corrected chi connectivity index (χ4v) is 1.48. The second kappa shape index (κ2) is 12.2. The van der Waals surface area contributed by atoms with Crippen LogP contribution in [-0.4, -0.2) is 24.8 Å². The first-order valence-electron chi connectivity index (χ1n) is 6.13. The SMILES string of the molecule is COCCCCCCCC=CCCC(=O)O. The van der Waals surface area contributed by atoms with E-state index in [2.05, 4.69) is 6.08 Å². The lowest BCUT2D eigenvalue weighted by Crippen LogP contribution is -1.91. The molecule has 0 aromatic heterocycles. The molecule has 16 heavy (non-hydrogen) atoms. The van der Waals surface area contributed by atoms with Crippen LogP contribution in [0.25, 0.3) is 0 Å². The summed E-state index contributed by atoms with van der Waals surface area (Å²) in [6.45, 7) is 0.870. The van der Waals surface area contributed by atoms with Gasteiger partial charge in [0, 0.05) is 20.1 Å². The van der Waals surface area contributed by atoms with Gasteiger partial charge >= 0.3 is 5.97 Å². The van der Waals surface area contributed by atoms with Crippen molar-refractivity contribution in [1.29, 1.82) is 0 Å². The quantitative estimate of drug-likeness (QED) is 0.435. The van der Waals surface area contributed by atoms with Crippen molar-refractivity contribution in [2.75, 3.05) is 13.7 Å². The van der Waals surface area contributed by atoms with Crippen LogP contribution < -0.4 is 0 Å². The van der Waals surface area contributed by atoms with Gasteiger partial charge < -0.3 is 9.84 Å². The van der Waals surface area contributed by atoms with Crippen LogP contribution >= 0.6 is 0 Å². The van der Waals surface area contributed by atoms with E-state index >= 15 is 0 Å². The molecule has 0 fully saturated rings. The van der Waals surface area contributed by atoms with Crippen LogP contribution in [0, 0.1) is 0 Å². The van der Waals surface area contributed by atoms with E-state index < -0.39 is 5.97 Å². The van der Waals surface area contributed by atoms with Crippen molar-refractivity contribution in [2.24, 2.45) is 0 Å². The number of methoxy groups -OCH3 is 1. The first-order valence-corrected chi connectivity index (χ1v) is 6.13. The highest BCUT2D eigenvalue weighted by Gasteiger charge is 1.92. The third kappa shape index (κ3) is 13.2. The molecule has 0 spiro atoms. The largest absolute Gasteiger partial charge is 0.481 e. The van der Waals surface area contributed by atoms with Crippen molar-refractivity contribution in [3.8, 4) is 0 Å². The Morgan fingerprint density at radius 2 is 1.69 bits per heavy atom. The van der Waals surface area contributed by atoms with Gasteiger partial charge in [-0.1, -0.05) is 31.4 Å². The maximum Gasteiger partial charge on any atom is 0.303 e. The number of hydrogen-bond donors (Lipinski definition) is 1. The van der Waals surface area contributed by atoms with E-state index in [0.717, 1.165) is 19.4 Å². The van der Waals surface area contributed by atoms with Gasteiger partial charge in [-0.2, -0.15) is 0 Å². The Labute approximate surface area is 98.5 Å². The molecule has 1 N–H and O–H groups in total. The van der Waals surface area contributed by atoms with Crippen LogP contribution in [0.15, 0.2) is 12.2 Å². The van der Waals surface area contributed by atoms with Gasteiger partial charge in [0.05, 0.1) is 0 Å². The van der Waals surface area contributed by atoms with Crippen LogP contribution in [-0.2, 0) is 9.53 Å². The summed E-state index contributed by atoms with van der Waals surface area (Å²) in [6.07, 6.45) is 12.2. The van der Waals surface area contributed by atoms with Gasteiger partial charge in [0.2, 0.25) is 0 Å². The number of ether oxygens (including phenoxy) is 1. The molecule has 0 aliphatic rings. The first kappa shape index (κ1) is 15.2. The molecule has 94 valence electrons. The normalized spacial score (nSPS) is 11.1. The molecular formula is C13H24O3. The molecule has 0 saturated carbocycles. The molecule has 0 heterocycles. The smallest absolute Gasteiger partial charge is 0.303 e. The topological polar surface area (TPSA) is 46.5 Å². The summed E-state index contributed by atoms with van der Waals surface area (Å²) in [4.78, 5) is 10.2. The highest BCUT2D eigenvalue weighted by molar-refractivity contribution is 5.66. The highest BCUT2D eigenvalue weighted by atomic mass is 16.5. The maximum atomic E-state index is 10.2. The Balaban J connectivity index is 3.05. The molecule has 0 radical (unpaired) electrons. The van der Waals surface area contributed by atoms with E-state index in [1.54, 1.807) is 7.11 Å². The third-order valence-electron chi connectivity index (χ3n) is 2.41. The maximum absolute atomic E-state index is 10.2. The Morgan fingerprint density at radius 3 is 2.38 bits per heavy atom. The number of carbonyl (C=O) groups is 1. The molecule has 3 heteroatoms. The molecule has 3 nitrogen and oxygen atoms in total. The average Bonchev–Trinajstić information content (AvgIpc) is 2.25. The molecule has 0 aromatic carbocycles. The van der Waals surface area contributed by atoms with Crippen LogP contribution in [0.2, 0.25) is 0 Å². The van der Waals surface area contributed by atoms with Crippen molar-refractivity contribution in [3.05, 3.63) is 12.2 Å². The summed E-state index contributed by atoms with van der Waals surface area (Å²) in [7, 11) is 1.74. The minimum Gasteiger partial charge on any atom is -0.481 e. The fourth-order valence-electron chi connectivity index (χ4n) is 1.48. The number of unbranched alkanes of at least 4 members (excludes halogenated alkanes) is 5. The van der Waals surface area contributed by atoms with Crippen molar-refractivity contribution in [2.45, 2.75) is 51.4 Å². The number of hydrogen-bond acceptors (Lipinski definition) is 2. The summed E-state index contributed by atoms with van der Waals surface area (Å²) >= 11 is 0. The van der Waals surface area contributed by atoms with Gasteiger partial charge in [0.25, 0.3) is 0 Å². The third-order valence-corrected chi connectivity index (χ3v) is 2.41. The van der Waals surface area contributed by atoms with E-state index in [4.69, 9.17) is 9.84 Å². The molecular weight excluding hydrogens is 204 g/mol. The molecule has 0 bridgehead atoms. The number of aliphatic carboxylic acids is 1. The van der Waals surface area contributed by atoms with Crippen LogP contribution in [0.3, 0.4) is 0 Å². The summed E-state index contributed by atoms with van der Waals surface area (Å²) in [5.41, 5.74) is 0. The lowest BCUT2D eigenvalue weighted by Gasteiger charge is -1.99. The standard InChI is InChI=1S/C13H24O3/c1-16-12-10-8-6-4-2-3-5-7-9-11-13(14)15/h5,7H,2-4,6,8-12H2,1H3,(H,14,15). The predicted octanol–water partition coefficient (Wildman–Crippen LogP) is 3.39. The van der Waals surface area contributed by atoms with E-state index in [1.165, 1.54) is 25.7 Å². The zero-order chi connectivity index (χ0) is 12.1. The molecule has 0 amide bonds. The number of rotatable bonds is 11. The minimum absolute atomic E-state index is 0.244. The zero-order valence-electron chi connectivity index (χ0n) is 10.3. The molecule has 0 aliphatic heterocycles. The Kier molecular flexibility index (Phi) is 11.6. The Morgan fingerprint density at radius 1 is 1.06 bits per heavy atom. The highest BCUT2D eigenvalue weighted by Crippen LogP contribution is 2.06. The van der Waals surface area contributed by atoms with E-state index in [9.17, 15) is 4.79 Å². The van der Waals surface area contributed by atoms with Crippen molar-refractivity contribution in [3.63, 3.8) is 0 Å². The molecule has 0 saturated heterocycles. The summed E-state index contributed by atoms with van der Waals surface area (Å²) in [5.74, 6) is -0.720. The summed E-state index contributed by atoms with van der Waals surface area (Å²) in [5, 5.41) is 8.41. The predicted molar refractivity (Wildman–Crippen MR) is 65.6 cm³/mol. The van der Waals surface area contributed by atoms with Gasteiger partial charge in [0.1, 0.15) is 0 Å². The summed E-state index contributed by atoms with van der Waals surface area (Å²) < 4.78 is 4.97. The number of allylic oxidation sites excluding steroid dienone is 2. The second-order valence-corrected chi connectivity index (χ2v) is 3.95. The van der Waals surface area contributed by atoms with Crippen molar-refractivity contribution < 1.29 is 14.6 Å². The van der Waals surface area contributed by atoms with Gasteiger partial charge in [-0.05, 0) is 25.7 Å². The number of carboxylic acids is 1. The minimum atomic E-state index is -0.720. The van der Waals surface area contributed by atoms with Crippen LogP contribution in [0.1, 0.15) is 51.4 Å². The van der Waals surface area contributed by atoms with Gasteiger partial charge in [-0.25, -0.2) is 0 Å². The van der Waals surface area contributed by atoms with Crippen molar-refractivity contribution >= 4 is 5.97 Å². The molecule has 0 aliphatic carbocycles. The lowest BCUT2D eigenvalue weighted by molar-refractivity contribution is -0.136. The zero-order valence-corrected chi connectivity index (χ0v) is 10.3. The molecule has 0 unspecified atom stereocenters. The van der Waals surface area contributed by atoms with Crippen LogP contribution in [0.5, 0.6) is 0 Å². The van der Waals surface area contributed by atoms with Gasteiger partial charge in [-0.3, -0.25) is 4.79 Å². The lowest BCUT2D eigenvalue weighted by atomic mass is 10.1. The van der Waals surface area contributed by atoms with E-state index in [1.807, 2.05) is 6.08 Å². The van der Waals surface area contributed by atoms with Gasteiger partial charge in [-0.15, -0.1) is 0 Å². The first-order chi connectivity index (χ1) is 7.77. The van der Waals surface area contributed by atoms with E-state index in [-0.39, 0.29) is 6.42 Å². The van der Waals surface area contributed by atoms with E-state index in [0.29, 0.717) is 6.42 Å². The molecule has 0 aromatic rings. The Hall–Kier alpha value is -0.830.